The Balaban J connectivity index is 2.86. The van der Waals surface area contributed by atoms with Crippen molar-refractivity contribution in [2.45, 2.75) is 85.4 Å². The first-order valence-corrected chi connectivity index (χ1v) is 10.8. The Labute approximate surface area is 175 Å². The Morgan fingerprint density at radius 2 is 1.72 bits per heavy atom. The topological polar surface area (TPSA) is 42.4 Å². The molecule has 0 aliphatic heterocycles. The highest BCUT2D eigenvalue weighted by Crippen LogP contribution is 2.39. The van der Waals surface area contributed by atoms with Crippen LogP contribution in [-0.4, -0.2) is 16.7 Å². The molecule has 0 bridgehead atoms. The fourth-order valence-corrected chi connectivity index (χ4v) is 4.01. The lowest BCUT2D eigenvalue weighted by molar-refractivity contribution is -0.0181. The lowest BCUT2D eigenvalue weighted by atomic mass is 9.84. The van der Waals surface area contributed by atoms with Gasteiger partial charge in [-0.2, -0.15) is 0 Å². The quantitative estimate of drug-likeness (QED) is 0.462. The molecule has 1 N–H and O–H groups in total. The van der Waals surface area contributed by atoms with Crippen LogP contribution in [0.4, 0.5) is 4.39 Å². The zero-order chi connectivity index (χ0) is 21.6. The lowest BCUT2D eigenvalue weighted by Crippen LogP contribution is -2.27. The number of aliphatic hydroxyl groups is 1. The molecule has 0 spiro atoms. The van der Waals surface area contributed by atoms with Gasteiger partial charge in [-0.3, -0.25) is 4.98 Å². The molecule has 0 aliphatic carbocycles. The highest BCUT2D eigenvalue weighted by atomic mass is 19.1. The second-order valence-electron chi connectivity index (χ2n) is 8.40. The van der Waals surface area contributed by atoms with Gasteiger partial charge in [0.1, 0.15) is 11.4 Å². The van der Waals surface area contributed by atoms with Crippen molar-refractivity contribution in [3.8, 4) is 11.1 Å². The largest absolute Gasteiger partial charge is 0.392 e. The van der Waals surface area contributed by atoms with Gasteiger partial charge in [-0.05, 0) is 68.4 Å². The van der Waals surface area contributed by atoms with Crippen molar-refractivity contribution in [3.05, 3.63) is 52.6 Å². The number of pyridine rings is 1. The third-order valence-corrected chi connectivity index (χ3v) is 5.37. The van der Waals surface area contributed by atoms with Gasteiger partial charge in [0.15, 0.2) is 0 Å². The molecule has 4 heteroatoms. The van der Waals surface area contributed by atoms with E-state index in [2.05, 4.69) is 34.6 Å². The summed E-state index contributed by atoms with van der Waals surface area (Å²) in [6.07, 6.45) is 4.14. The summed E-state index contributed by atoms with van der Waals surface area (Å²) in [5.41, 5.74) is 5.11. The summed E-state index contributed by atoms with van der Waals surface area (Å²) in [7, 11) is 0. The van der Waals surface area contributed by atoms with Crippen molar-refractivity contribution >= 4 is 0 Å². The average molecular weight is 402 g/mol. The van der Waals surface area contributed by atoms with Gasteiger partial charge >= 0.3 is 0 Å². The number of ether oxygens (including phenoxy) is 1. The molecule has 29 heavy (non-hydrogen) atoms. The summed E-state index contributed by atoms with van der Waals surface area (Å²) >= 11 is 0. The van der Waals surface area contributed by atoms with Crippen LogP contribution in [0.2, 0.25) is 0 Å². The Hall–Kier alpha value is -1.78. The molecule has 0 fully saturated rings. The highest BCUT2D eigenvalue weighted by molar-refractivity contribution is 5.73. The Kier molecular flexibility index (Phi) is 8.35. The molecule has 1 aromatic heterocycles. The van der Waals surface area contributed by atoms with Gasteiger partial charge in [-0.25, -0.2) is 4.39 Å². The molecule has 0 saturated heterocycles. The van der Waals surface area contributed by atoms with Crippen LogP contribution in [0.5, 0.6) is 0 Å². The summed E-state index contributed by atoms with van der Waals surface area (Å²) in [5, 5.41) is 10.3. The van der Waals surface area contributed by atoms with E-state index in [0.717, 1.165) is 59.3 Å². The summed E-state index contributed by atoms with van der Waals surface area (Å²) in [4.78, 5) is 5.06. The molecule has 1 heterocycles. The fraction of sp³-hybridized carbons (Fsp3) is 0.560. The molecule has 0 aliphatic rings. The first kappa shape index (κ1) is 23.5. The zero-order valence-electron chi connectivity index (χ0n) is 18.8. The van der Waals surface area contributed by atoms with E-state index in [9.17, 15) is 9.50 Å². The molecule has 2 rings (SSSR count). The average Bonchev–Trinajstić information content (AvgIpc) is 2.67. The van der Waals surface area contributed by atoms with Gasteiger partial charge in [0.25, 0.3) is 0 Å². The zero-order valence-corrected chi connectivity index (χ0v) is 18.8. The molecule has 2 aromatic rings. The van der Waals surface area contributed by atoms with E-state index in [-0.39, 0.29) is 18.3 Å². The van der Waals surface area contributed by atoms with Crippen LogP contribution in [0.15, 0.2) is 24.3 Å². The number of benzene rings is 1. The lowest BCUT2D eigenvalue weighted by Gasteiger charge is -2.31. The first-order chi connectivity index (χ1) is 13.8. The SMILES string of the molecule is CCCCCc1c(C(C)(C)OCC)nc(C(C)C)c(CO)c1-c1ccc(F)cc1. The van der Waals surface area contributed by atoms with Crippen LogP contribution >= 0.6 is 0 Å². The van der Waals surface area contributed by atoms with Crippen LogP contribution in [0, 0.1) is 5.82 Å². The maximum Gasteiger partial charge on any atom is 0.123 e. The van der Waals surface area contributed by atoms with Crippen LogP contribution in [0.3, 0.4) is 0 Å². The van der Waals surface area contributed by atoms with Gasteiger partial charge in [0.2, 0.25) is 0 Å². The number of aromatic nitrogens is 1. The van der Waals surface area contributed by atoms with Crippen molar-refractivity contribution in [3.63, 3.8) is 0 Å². The predicted octanol–water partition coefficient (Wildman–Crippen LogP) is 6.51. The second kappa shape index (κ2) is 10.3. The number of nitrogens with zero attached hydrogens (tertiary/aromatic N) is 1. The van der Waals surface area contributed by atoms with Gasteiger partial charge in [0, 0.05) is 17.9 Å². The van der Waals surface area contributed by atoms with Crippen LogP contribution < -0.4 is 0 Å². The van der Waals surface area contributed by atoms with E-state index in [0.29, 0.717) is 6.61 Å². The molecule has 3 nitrogen and oxygen atoms in total. The van der Waals surface area contributed by atoms with Crippen molar-refractivity contribution < 1.29 is 14.2 Å². The number of hydrogen-bond acceptors (Lipinski definition) is 3. The first-order valence-electron chi connectivity index (χ1n) is 10.8. The molecule has 0 atom stereocenters. The summed E-state index contributed by atoms with van der Waals surface area (Å²) in [6, 6.07) is 6.56. The number of unbranched alkanes of at least 4 members (excludes halogenated alkanes) is 2. The number of hydrogen-bond donors (Lipinski definition) is 1. The van der Waals surface area contributed by atoms with Crippen molar-refractivity contribution in [1.82, 2.24) is 4.98 Å². The Bertz CT molecular complexity index is 797. The minimum atomic E-state index is -0.553. The van der Waals surface area contributed by atoms with Gasteiger partial charge in [0.05, 0.1) is 12.3 Å². The van der Waals surface area contributed by atoms with Gasteiger partial charge in [-0.1, -0.05) is 45.7 Å². The molecule has 160 valence electrons. The van der Waals surface area contributed by atoms with Gasteiger partial charge < -0.3 is 9.84 Å². The maximum absolute atomic E-state index is 13.6. The molecular weight excluding hydrogens is 365 g/mol. The Morgan fingerprint density at radius 3 is 2.24 bits per heavy atom. The number of aliphatic hydroxyl groups excluding tert-OH is 1. The molecular formula is C25H36FNO2. The molecule has 1 aromatic carbocycles. The van der Waals surface area contributed by atoms with E-state index in [1.807, 2.05) is 6.92 Å². The predicted molar refractivity (Wildman–Crippen MR) is 118 cm³/mol. The molecule has 0 radical (unpaired) electrons. The van der Waals surface area contributed by atoms with Crippen molar-refractivity contribution in [2.24, 2.45) is 0 Å². The van der Waals surface area contributed by atoms with Crippen molar-refractivity contribution in [1.29, 1.82) is 0 Å². The molecule has 0 unspecified atom stereocenters. The summed E-state index contributed by atoms with van der Waals surface area (Å²) in [5.74, 6) is -0.114. The monoisotopic (exact) mass is 401 g/mol. The fourth-order valence-electron chi connectivity index (χ4n) is 4.01. The maximum atomic E-state index is 13.6. The summed E-state index contributed by atoms with van der Waals surface area (Å²) < 4.78 is 19.7. The number of halogens is 1. The Morgan fingerprint density at radius 1 is 1.07 bits per heavy atom. The van der Waals surface area contributed by atoms with E-state index >= 15 is 0 Å². The second-order valence-corrected chi connectivity index (χ2v) is 8.40. The smallest absolute Gasteiger partial charge is 0.123 e. The number of rotatable bonds is 10. The molecule has 0 saturated carbocycles. The summed E-state index contributed by atoms with van der Waals surface area (Å²) in [6.45, 7) is 13.0. The van der Waals surface area contributed by atoms with Gasteiger partial charge in [-0.15, -0.1) is 0 Å². The van der Waals surface area contributed by atoms with E-state index < -0.39 is 5.60 Å². The van der Waals surface area contributed by atoms with Crippen LogP contribution in [0.1, 0.15) is 89.2 Å². The highest BCUT2D eigenvalue weighted by Gasteiger charge is 2.31. The van der Waals surface area contributed by atoms with Crippen molar-refractivity contribution in [2.75, 3.05) is 6.61 Å². The van der Waals surface area contributed by atoms with Crippen LogP contribution in [0.25, 0.3) is 11.1 Å². The standard InChI is InChI=1S/C25H36FNO2/c1-7-9-10-11-20-22(18-12-14-19(26)15-13-18)21(16-28)23(17(3)4)27-24(20)25(5,6)29-8-2/h12-15,17,28H,7-11,16H2,1-6H3. The van der Waals surface area contributed by atoms with E-state index in [4.69, 9.17) is 9.72 Å². The van der Waals surface area contributed by atoms with E-state index in [1.165, 1.54) is 12.1 Å². The minimum absolute atomic E-state index is 0.0939. The van der Waals surface area contributed by atoms with E-state index in [1.54, 1.807) is 12.1 Å². The minimum Gasteiger partial charge on any atom is -0.392 e. The normalized spacial score (nSPS) is 12.0. The third-order valence-electron chi connectivity index (χ3n) is 5.37. The van der Waals surface area contributed by atoms with Crippen LogP contribution in [-0.2, 0) is 23.4 Å². The molecule has 0 amide bonds. The third kappa shape index (κ3) is 5.43.